The maximum Gasteiger partial charge on any atom is 0.265 e. The lowest BCUT2D eigenvalue weighted by atomic mass is 10.1. The Hall–Kier alpha value is -1.71. The van der Waals surface area contributed by atoms with Crippen LogP contribution in [0, 0.1) is 0 Å². The second-order valence-corrected chi connectivity index (χ2v) is 15.2. The molecule has 14 heteroatoms. The number of allylic oxidation sites excluding steroid dienone is 2. The zero-order valence-corrected chi connectivity index (χ0v) is 26.1. The molecule has 2 atom stereocenters. The number of aromatic nitrogens is 1. The van der Waals surface area contributed by atoms with Crippen molar-refractivity contribution in [3.8, 4) is 0 Å². The van der Waals surface area contributed by atoms with Gasteiger partial charge < -0.3 is 9.64 Å². The summed E-state index contributed by atoms with van der Waals surface area (Å²) in [4.78, 5) is 2.09. The summed E-state index contributed by atoms with van der Waals surface area (Å²) in [5.74, 6) is -0.666. The van der Waals surface area contributed by atoms with E-state index in [1.807, 2.05) is 41.8 Å². The molecule has 0 spiro atoms. The van der Waals surface area contributed by atoms with E-state index in [-0.39, 0.29) is 35.7 Å². The van der Waals surface area contributed by atoms with Crippen LogP contribution >= 0.6 is 34.7 Å². The Morgan fingerprint density at radius 3 is 2.55 bits per heavy atom. The third-order valence-corrected chi connectivity index (χ3v) is 10.7. The first kappa shape index (κ1) is 31.2. The summed E-state index contributed by atoms with van der Waals surface area (Å²) >= 11 is 9.50. The van der Waals surface area contributed by atoms with Crippen LogP contribution in [0.4, 0.5) is 0 Å². The second-order valence-electron chi connectivity index (χ2n) is 9.41. The van der Waals surface area contributed by atoms with Crippen LogP contribution in [0.2, 0.25) is 5.02 Å². The lowest BCUT2D eigenvalue weighted by molar-refractivity contribution is -0.668. The van der Waals surface area contributed by atoms with Crippen molar-refractivity contribution in [3.63, 3.8) is 0 Å². The molecule has 2 N–H and O–H groups in total. The number of fused-ring (bicyclic) bond motifs is 2. The molecule has 40 heavy (non-hydrogen) atoms. The molecule has 9 nitrogen and oxygen atoms in total. The Labute approximate surface area is 248 Å². The smallest absolute Gasteiger partial charge is 0.265 e. The van der Waals surface area contributed by atoms with E-state index in [1.165, 1.54) is 0 Å². The molecule has 0 saturated carbocycles. The lowest BCUT2D eigenvalue weighted by Crippen LogP contribution is -2.36. The second kappa shape index (κ2) is 13.1. The first-order valence-corrected chi connectivity index (χ1v) is 18.0. The van der Waals surface area contributed by atoms with Gasteiger partial charge in [0.25, 0.3) is 25.2 Å². The summed E-state index contributed by atoms with van der Waals surface area (Å²) in [6.45, 7) is 2.85. The van der Waals surface area contributed by atoms with Crippen LogP contribution < -0.4 is 4.57 Å². The molecule has 2 unspecified atom stereocenters. The average Bonchev–Trinajstić information content (AvgIpc) is 3.38. The molecule has 2 heterocycles. The molecule has 0 bridgehead atoms. The van der Waals surface area contributed by atoms with Crippen molar-refractivity contribution in [1.82, 2.24) is 4.90 Å². The average molecular weight is 648 g/mol. The maximum atomic E-state index is 11.4. The number of benzene rings is 1. The molecule has 1 aromatic heterocycles. The third-order valence-electron chi connectivity index (χ3n) is 6.49. The van der Waals surface area contributed by atoms with Gasteiger partial charge in [0.1, 0.15) is 4.70 Å². The van der Waals surface area contributed by atoms with Gasteiger partial charge in [-0.05, 0) is 42.7 Å². The minimum Gasteiger partial charge on any atom is -0.373 e. The maximum absolute atomic E-state index is 11.4. The zero-order chi connectivity index (χ0) is 29.1. The highest BCUT2D eigenvalue weighted by Gasteiger charge is 2.34. The van der Waals surface area contributed by atoms with Crippen LogP contribution in [0.5, 0.6) is 0 Å². The number of hydrogen-bond acceptors (Lipinski definition) is 8. The molecular formula is C26H32ClN2O7S4+. The molecule has 2 aromatic rings. The Morgan fingerprint density at radius 2 is 1.88 bits per heavy atom. The van der Waals surface area contributed by atoms with Crippen molar-refractivity contribution in [2.45, 2.75) is 44.1 Å². The molecular weight excluding hydrogens is 616 g/mol. The molecule has 0 amide bonds. The zero-order valence-electron chi connectivity index (χ0n) is 22.1. The van der Waals surface area contributed by atoms with Gasteiger partial charge in [0, 0.05) is 42.9 Å². The number of hydrogen-bond donors (Lipinski definition) is 2. The van der Waals surface area contributed by atoms with Gasteiger partial charge >= 0.3 is 0 Å². The molecule has 1 aliphatic carbocycles. The predicted octanol–water partition coefficient (Wildman–Crippen LogP) is 4.92. The molecule has 4 rings (SSSR count). The van der Waals surface area contributed by atoms with Crippen molar-refractivity contribution in [2.24, 2.45) is 0 Å². The molecule has 1 aliphatic heterocycles. The number of aryl methyl sites for hydroxylation is 1. The van der Waals surface area contributed by atoms with E-state index in [0.717, 1.165) is 31.5 Å². The van der Waals surface area contributed by atoms with Crippen molar-refractivity contribution in [1.29, 1.82) is 0 Å². The minimum absolute atomic E-state index is 0.0679. The molecule has 1 fully saturated rings. The van der Waals surface area contributed by atoms with Gasteiger partial charge in [-0.15, -0.1) is 0 Å². The van der Waals surface area contributed by atoms with E-state index in [0.29, 0.717) is 24.5 Å². The van der Waals surface area contributed by atoms with Gasteiger partial charge in [0.05, 0.1) is 27.9 Å². The van der Waals surface area contributed by atoms with Crippen LogP contribution in [0.25, 0.3) is 16.3 Å². The molecule has 0 radical (unpaired) electrons. The number of methoxy groups -OCH3 is 1. The van der Waals surface area contributed by atoms with Gasteiger partial charge in [-0.3, -0.25) is 9.11 Å². The highest BCUT2D eigenvalue weighted by Crippen LogP contribution is 2.45. The summed E-state index contributed by atoms with van der Waals surface area (Å²) in [6.07, 6.45) is 11.3. The monoisotopic (exact) mass is 647 g/mol. The first-order valence-electron chi connectivity index (χ1n) is 12.7. The van der Waals surface area contributed by atoms with Gasteiger partial charge in [-0.1, -0.05) is 53.8 Å². The summed E-state index contributed by atoms with van der Waals surface area (Å²) in [7, 11) is -6.51. The van der Waals surface area contributed by atoms with Crippen LogP contribution in [0.3, 0.4) is 0 Å². The van der Waals surface area contributed by atoms with Gasteiger partial charge in [-0.2, -0.15) is 21.4 Å². The van der Waals surface area contributed by atoms with Crippen molar-refractivity contribution < 1.29 is 35.2 Å². The molecule has 1 aromatic carbocycles. The first-order chi connectivity index (χ1) is 18.9. The Kier molecular flexibility index (Phi) is 10.2. The Bertz CT molecular complexity index is 1590. The summed E-state index contributed by atoms with van der Waals surface area (Å²) in [6, 6.07) is 5.60. The van der Waals surface area contributed by atoms with Crippen LogP contribution in [-0.2, 0) is 31.5 Å². The minimum atomic E-state index is -4.08. The summed E-state index contributed by atoms with van der Waals surface area (Å²) < 4.78 is 72.3. The van der Waals surface area contributed by atoms with E-state index in [2.05, 4.69) is 23.1 Å². The van der Waals surface area contributed by atoms with E-state index < -0.39 is 20.2 Å². The molecule has 2 aliphatic rings. The predicted molar refractivity (Wildman–Crippen MR) is 162 cm³/mol. The SMILES string of the molecule is CCC(=Cc1sc2ccc(Cl)cc2[n+]1CCCS(=O)(=O)O)C=C1SC2C=CC(OC)C=C2N1CCCS(=O)(=O)O. The summed E-state index contributed by atoms with van der Waals surface area (Å²) in [5, 5.41) is 2.52. The Morgan fingerprint density at radius 1 is 1.15 bits per heavy atom. The summed E-state index contributed by atoms with van der Waals surface area (Å²) in [5.41, 5.74) is 2.93. The fourth-order valence-electron chi connectivity index (χ4n) is 4.58. The highest BCUT2D eigenvalue weighted by molar-refractivity contribution is 8.04. The van der Waals surface area contributed by atoms with E-state index in [9.17, 15) is 25.9 Å². The largest absolute Gasteiger partial charge is 0.373 e. The van der Waals surface area contributed by atoms with Gasteiger partial charge in [0.2, 0.25) is 5.52 Å². The van der Waals surface area contributed by atoms with Gasteiger partial charge in [-0.25, -0.2) is 0 Å². The fourth-order valence-corrected chi connectivity index (χ4v) is 8.17. The van der Waals surface area contributed by atoms with E-state index >= 15 is 0 Å². The highest BCUT2D eigenvalue weighted by atomic mass is 35.5. The van der Waals surface area contributed by atoms with Crippen LogP contribution in [0.1, 0.15) is 31.2 Å². The van der Waals surface area contributed by atoms with Crippen molar-refractivity contribution >= 4 is 71.2 Å². The normalized spacial score (nSPS) is 20.9. The lowest BCUT2D eigenvalue weighted by Gasteiger charge is -2.25. The molecule has 1 saturated heterocycles. The number of rotatable bonds is 12. The number of thiazole rings is 1. The van der Waals surface area contributed by atoms with Crippen molar-refractivity contribution in [3.05, 3.63) is 68.8 Å². The van der Waals surface area contributed by atoms with E-state index in [1.54, 1.807) is 30.2 Å². The quantitative estimate of drug-likeness (QED) is 0.188. The standard InChI is InChI=1S/C26H31ClN2O7S4/c1-3-18(14-25-28(10-4-12-39(30,31)32)21-16-19(27)6-8-23(21)37-25)15-26-29(11-5-13-40(33,34)35)22-17-20(36-2)7-9-24(22)38-26/h6-9,14-17,20,24H,3-5,10-13H2,1-2H3,(H-,30,31,32,33,34,35)/p+1. The molecule has 218 valence electrons. The third kappa shape index (κ3) is 8.19. The Balaban J connectivity index is 1.70. The van der Waals surface area contributed by atoms with Crippen LogP contribution in [-0.4, -0.2) is 67.4 Å². The number of thioether (sulfide) groups is 1. The number of ether oxygens (including phenoxy) is 1. The van der Waals surface area contributed by atoms with Gasteiger partial charge in [0.15, 0.2) is 6.54 Å². The topological polar surface area (TPSA) is 125 Å². The number of nitrogens with zero attached hydrogens (tertiary/aromatic N) is 2. The van der Waals surface area contributed by atoms with Crippen molar-refractivity contribution in [2.75, 3.05) is 25.2 Å². The van der Waals surface area contributed by atoms with E-state index in [4.69, 9.17) is 16.3 Å². The number of halogens is 1. The fraction of sp³-hybridized carbons (Fsp3) is 0.423. The van der Waals surface area contributed by atoms with Crippen LogP contribution in [0.15, 0.2) is 58.8 Å².